The van der Waals surface area contributed by atoms with Crippen molar-refractivity contribution in [3.05, 3.63) is 58.1 Å². The predicted octanol–water partition coefficient (Wildman–Crippen LogP) is 3.84. The highest BCUT2D eigenvalue weighted by Crippen LogP contribution is 2.27. The summed E-state index contributed by atoms with van der Waals surface area (Å²) in [6, 6.07) is 10.9. The number of hydrogen-bond donors (Lipinski definition) is 2. The van der Waals surface area contributed by atoms with E-state index < -0.39 is 11.8 Å². The lowest BCUT2D eigenvalue weighted by Crippen LogP contribution is -2.29. The summed E-state index contributed by atoms with van der Waals surface area (Å²) in [6.45, 7) is 5.65. The second kappa shape index (κ2) is 6.62. The molecule has 2 aromatic carbocycles. The molecule has 0 aromatic heterocycles. The van der Waals surface area contributed by atoms with Gasteiger partial charge >= 0.3 is 11.8 Å². The van der Waals surface area contributed by atoms with Gasteiger partial charge in [-0.15, -0.1) is 0 Å². The van der Waals surface area contributed by atoms with Crippen molar-refractivity contribution in [2.75, 3.05) is 10.6 Å². The van der Waals surface area contributed by atoms with Crippen LogP contribution in [0, 0.1) is 20.8 Å². The summed E-state index contributed by atoms with van der Waals surface area (Å²) < 4.78 is 0. The lowest BCUT2D eigenvalue weighted by atomic mass is 10.1. The van der Waals surface area contributed by atoms with E-state index in [0.717, 1.165) is 16.7 Å². The molecule has 0 aliphatic carbocycles. The van der Waals surface area contributed by atoms with Crippen LogP contribution >= 0.6 is 11.6 Å². The Morgan fingerprint density at radius 3 is 2.23 bits per heavy atom. The zero-order valence-electron chi connectivity index (χ0n) is 12.7. The van der Waals surface area contributed by atoms with Gasteiger partial charge in [-0.2, -0.15) is 0 Å². The Balaban J connectivity index is 2.11. The van der Waals surface area contributed by atoms with Gasteiger partial charge in [0, 0.05) is 5.69 Å². The third kappa shape index (κ3) is 3.86. The number of nitrogens with one attached hydrogen (secondary N) is 2. The summed E-state index contributed by atoms with van der Waals surface area (Å²) in [5, 5.41) is 5.53. The third-order valence-corrected chi connectivity index (χ3v) is 3.45. The molecule has 0 heterocycles. The first kappa shape index (κ1) is 16.0. The maximum atomic E-state index is 12.0. The Kier molecular flexibility index (Phi) is 4.83. The van der Waals surface area contributed by atoms with Crippen LogP contribution in [0.1, 0.15) is 16.7 Å². The zero-order chi connectivity index (χ0) is 16.3. The summed E-state index contributed by atoms with van der Waals surface area (Å²) in [4.78, 5) is 24.0. The quantitative estimate of drug-likeness (QED) is 0.827. The molecule has 0 radical (unpaired) electrons. The Labute approximate surface area is 134 Å². The summed E-state index contributed by atoms with van der Waals surface area (Å²) in [6.07, 6.45) is 0. The van der Waals surface area contributed by atoms with Gasteiger partial charge in [0.25, 0.3) is 0 Å². The van der Waals surface area contributed by atoms with E-state index in [9.17, 15) is 9.59 Å². The van der Waals surface area contributed by atoms with E-state index in [1.54, 1.807) is 18.2 Å². The number of carbonyl (C=O) groups is 2. The predicted molar refractivity (Wildman–Crippen MR) is 89.4 cm³/mol. The fourth-order valence-electron chi connectivity index (χ4n) is 2.16. The Morgan fingerprint density at radius 1 is 0.909 bits per heavy atom. The lowest BCUT2D eigenvalue weighted by Gasteiger charge is -2.11. The number of rotatable bonds is 2. The molecule has 0 unspecified atom stereocenters. The molecule has 114 valence electrons. The number of halogens is 1. The Hall–Kier alpha value is -2.33. The number of anilines is 2. The molecule has 4 nitrogen and oxygen atoms in total. The highest BCUT2D eigenvalue weighted by Gasteiger charge is 2.17. The van der Waals surface area contributed by atoms with Gasteiger partial charge < -0.3 is 10.6 Å². The van der Waals surface area contributed by atoms with Crippen LogP contribution in [0.15, 0.2) is 36.4 Å². The zero-order valence-corrected chi connectivity index (χ0v) is 13.4. The van der Waals surface area contributed by atoms with Gasteiger partial charge in [0.05, 0.1) is 10.7 Å². The minimum Gasteiger partial charge on any atom is -0.318 e. The molecule has 0 atom stereocenters. The number of aryl methyl sites for hydroxylation is 3. The smallest absolute Gasteiger partial charge is 0.314 e. The summed E-state index contributed by atoms with van der Waals surface area (Å²) in [5.41, 5.74) is 3.82. The van der Waals surface area contributed by atoms with E-state index in [2.05, 4.69) is 10.6 Å². The molecule has 0 aliphatic heterocycles. The van der Waals surface area contributed by atoms with Gasteiger partial charge in [-0.25, -0.2) is 0 Å². The SMILES string of the molecule is Cc1cccc(NC(=O)C(=O)Nc2c(C)cc(C)cc2Cl)c1. The second-order valence-corrected chi connectivity index (χ2v) is 5.62. The maximum Gasteiger partial charge on any atom is 0.314 e. The van der Waals surface area contributed by atoms with Crippen molar-refractivity contribution in [2.24, 2.45) is 0 Å². The van der Waals surface area contributed by atoms with E-state index >= 15 is 0 Å². The molecule has 2 N–H and O–H groups in total. The van der Waals surface area contributed by atoms with Gasteiger partial charge in [0.15, 0.2) is 0 Å². The Bertz CT molecular complexity index is 718. The summed E-state index contributed by atoms with van der Waals surface area (Å²) >= 11 is 6.12. The molecule has 22 heavy (non-hydrogen) atoms. The van der Waals surface area contributed by atoms with Crippen LogP contribution in [0.3, 0.4) is 0 Å². The molecule has 0 saturated heterocycles. The van der Waals surface area contributed by atoms with Crippen LogP contribution in [0.25, 0.3) is 0 Å². The van der Waals surface area contributed by atoms with Gasteiger partial charge in [0.2, 0.25) is 0 Å². The number of carbonyl (C=O) groups excluding carboxylic acids is 2. The van der Waals surface area contributed by atoms with Gasteiger partial charge in [-0.3, -0.25) is 9.59 Å². The first-order valence-corrected chi connectivity index (χ1v) is 7.20. The van der Waals surface area contributed by atoms with Crippen molar-refractivity contribution in [1.82, 2.24) is 0 Å². The van der Waals surface area contributed by atoms with Crippen molar-refractivity contribution in [2.45, 2.75) is 20.8 Å². The van der Waals surface area contributed by atoms with Crippen LogP contribution in [-0.2, 0) is 9.59 Å². The largest absolute Gasteiger partial charge is 0.318 e. The standard InChI is InChI=1S/C17H17ClN2O2/c1-10-5-4-6-13(8-10)19-16(21)17(22)20-15-12(3)7-11(2)9-14(15)18/h4-9H,1-3H3,(H,19,21)(H,20,22). The molecule has 2 aromatic rings. The monoisotopic (exact) mass is 316 g/mol. The molecule has 0 aliphatic rings. The molecule has 2 rings (SSSR count). The fourth-order valence-corrected chi connectivity index (χ4v) is 2.52. The van der Waals surface area contributed by atoms with Crippen molar-refractivity contribution < 1.29 is 9.59 Å². The summed E-state index contributed by atoms with van der Waals surface area (Å²) in [7, 11) is 0. The number of benzene rings is 2. The van der Waals surface area contributed by atoms with Crippen LogP contribution in [0.5, 0.6) is 0 Å². The molecule has 0 saturated carbocycles. The minimum atomic E-state index is -0.754. The van der Waals surface area contributed by atoms with Gasteiger partial charge in [-0.1, -0.05) is 29.8 Å². The van der Waals surface area contributed by atoms with Crippen molar-refractivity contribution in [3.63, 3.8) is 0 Å². The van der Waals surface area contributed by atoms with E-state index in [1.807, 2.05) is 39.0 Å². The third-order valence-electron chi connectivity index (χ3n) is 3.15. The molecule has 0 spiro atoms. The molecular weight excluding hydrogens is 300 g/mol. The average Bonchev–Trinajstić information content (AvgIpc) is 2.42. The van der Waals surface area contributed by atoms with Gasteiger partial charge in [-0.05, 0) is 55.7 Å². The first-order chi connectivity index (χ1) is 10.4. The van der Waals surface area contributed by atoms with Gasteiger partial charge in [0.1, 0.15) is 0 Å². The van der Waals surface area contributed by atoms with Crippen LogP contribution < -0.4 is 10.6 Å². The fraction of sp³-hybridized carbons (Fsp3) is 0.176. The first-order valence-electron chi connectivity index (χ1n) is 6.82. The molecule has 0 bridgehead atoms. The van der Waals surface area contributed by atoms with Crippen molar-refractivity contribution in [1.29, 1.82) is 0 Å². The van der Waals surface area contributed by atoms with E-state index in [4.69, 9.17) is 11.6 Å². The second-order valence-electron chi connectivity index (χ2n) is 5.22. The van der Waals surface area contributed by atoms with Crippen LogP contribution in [0.2, 0.25) is 5.02 Å². The number of amides is 2. The lowest BCUT2D eigenvalue weighted by molar-refractivity contribution is -0.133. The topological polar surface area (TPSA) is 58.2 Å². The minimum absolute atomic E-state index is 0.411. The van der Waals surface area contributed by atoms with E-state index in [-0.39, 0.29) is 0 Å². The average molecular weight is 317 g/mol. The molecule has 2 amide bonds. The number of hydrogen-bond acceptors (Lipinski definition) is 2. The normalized spacial score (nSPS) is 10.2. The highest BCUT2D eigenvalue weighted by atomic mass is 35.5. The van der Waals surface area contributed by atoms with Crippen LogP contribution in [-0.4, -0.2) is 11.8 Å². The van der Waals surface area contributed by atoms with E-state index in [1.165, 1.54) is 0 Å². The van der Waals surface area contributed by atoms with Crippen molar-refractivity contribution >= 4 is 34.8 Å². The Morgan fingerprint density at radius 2 is 1.59 bits per heavy atom. The maximum absolute atomic E-state index is 12.0. The van der Waals surface area contributed by atoms with E-state index in [0.29, 0.717) is 16.4 Å². The summed E-state index contributed by atoms with van der Waals surface area (Å²) in [5.74, 6) is -1.49. The molecule has 0 fully saturated rings. The highest BCUT2D eigenvalue weighted by molar-refractivity contribution is 6.45. The van der Waals surface area contributed by atoms with Crippen LogP contribution in [0.4, 0.5) is 11.4 Å². The molecular formula is C17H17ClN2O2. The van der Waals surface area contributed by atoms with Crippen molar-refractivity contribution in [3.8, 4) is 0 Å². The molecule has 5 heteroatoms.